The molecule has 0 N–H and O–H groups in total. The second kappa shape index (κ2) is 6.21. The van der Waals surface area contributed by atoms with Gasteiger partial charge in [0.2, 0.25) is 0 Å². The van der Waals surface area contributed by atoms with E-state index >= 15 is 0 Å². The lowest BCUT2D eigenvalue weighted by atomic mass is 10.00. The molecule has 1 aliphatic rings. The molecule has 0 unspecified atom stereocenters. The van der Waals surface area contributed by atoms with E-state index < -0.39 is 0 Å². The van der Waals surface area contributed by atoms with Crippen molar-refractivity contribution < 1.29 is 0 Å². The number of hydrogen-bond donors (Lipinski definition) is 0. The van der Waals surface area contributed by atoms with Crippen LogP contribution in [0.15, 0.2) is 103 Å². The molecule has 3 aromatic carbocycles. The third-order valence-corrected chi connectivity index (χ3v) is 4.38. The van der Waals surface area contributed by atoms with Crippen LogP contribution in [-0.4, -0.2) is 0 Å². The van der Waals surface area contributed by atoms with Crippen LogP contribution >= 0.6 is 0 Å². The van der Waals surface area contributed by atoms with E-state index in [1.165, 1.54) is 22.0 Å². The van der Waals surface area contributed by atoms with Crippen LogP contribution in [0.4, 0.5) is 11.4 Å². The number of benzene rings is 3. The first-order valence-electron chi connectivity index (χ1n) is 8.22. The summed E-state index contributed by atoms with van der Waals surface area (Å²) < 4.78 is 0. The number of anilines is 2. The maximum Gasteiger partial charge on any atom is 0.0574 e. The molecule has 0 radical (unpaired) electrons. The zero-order chi connectivity index (χ0) is 16.4. The molecule has 24 heavy (non-hydrogen) atoms. The Morgan fingerprint density at radius 3 is 2.46 bits per heavy atom. The molecule has 0 aromatic heterocycles. The monoisotopic (exact) mass is 309 g/mol. The van der Waals surface area contributed by atoms with Crippen molar-refractivity contribution in [2.75, 3.05) is 4.90 Å². The fraction of sp³-hybridized carbons (Fsp3) is 0.0435. The molecule has 0 fully saturated rings. The van der Waals surface area contributed by atoms with Crippen LogP contribution in [0, 0.1) is 0 Å². The van der Waals surface area contributed by atoms with Gasteiger partial charge in [0.15, 0.2) is 0 Å². The van der Waals surface area contributed by atoms with Gasteiger partial charge in [-0.2, -0.15) is 0 Å². The van der Waals surface area contributed by atoms with E-state index in [-0.39, 0.29) is 0 Å². The lowest BCUT2D eigenvalue weighted by molar-refractivity contribution is 1.18. The maximum atomic E-state index is 4.33. The summed E-state index contributed by atoms with van der Waals surface area (Å²) in [4.78, 5) is 2.27. The van der Waals surface area contributed by atoms with Crippen molar-refractivity contribution in [2.45, 2.75) is 6.42 Å². The Balaban J connectivity index is 2.05. The highest BCUT2D eigenvalue weighted by atomic mass is 15.1. The summed E-state index contributed by atoms with van der Waals surface area (Å²) in [6.45, 7) is 4.33. The molecular formula is C23H19N. The number of nitrogens with zero attached hydrogens (tertiary/aromatic N) is 1. The minimum atomic E-state index is 0.904. The second-order valence-corrected chi connectivity index (χ2v) is 5.95. The fourth-order valence-corrected chi connectivity index (χ4v) is 3.26. The van der Waals surface area contributed by atoms with Gasteiger partial charge < -0.3 is 4.90 Å². The first kappa shape index (κ1) is 14.5. The van der Waals surface area contributed by atoms with Gasteiger partial charge in [0.05, 0.1) is 5.69 Å². The summed E-state index contributed by atoms with van der Waals surface area (Å²) in [5.41, 5.74) is 4.62. The van der Waals surface area contributed by atoms with Crippen molar-refractivity contribution in [3.05, 3.63) is 109 Å². The van der Waals surface area contributed by atoms with Crippen LogP contribution in [-0.2, 0) is 6.42 Å². The third kappa shape index (κ3) is 2.55. The molecule has 1 heterocycles. The smallest absolute Gasteiger partial charge is 0.0574 e. The SMILES string of the molecule is C=C1/C=C\C=C/Cc2ccc3ccccc3c2N1c1ccccc1. The standard InChI is InChI=1S/C23H19N/c1-18-10-4-2-5-12-20-17-16-19-11-8-9-15-22(19)23(20)24(18)21-13-6-3-7-14-21/h2-11,13-17H,1,12H2/b5-2-,10-4-. The van der Waals surface area contributed by atoms with Crippen LogP contribution < -0.4 is 4.90 Å². The third-order valence-electron chi connectivity index (χ3n) is 4.38. The first-order chi connectivity index (χ1) is 11.8. The van der Waals surface area contributed by atoms with E-state index in [1.807, 2.05) is 6.07 Å². The van der Waals surface area contributed by atoms with Crippen LogP contribution in [0.2, 0.25) is 0 Å². The van der Waals surface area contributed by atoms with Crippen molar-refractivity contribution in [2.24, 2.45) is 0 Å². The van der Waals surface area contributed by atoms with Crippen molar-refractivity contribution in [3.63, 3.8) is 0 Å². The quantitative estimate of drug-likeness (QED) is 0.520. The van der Waals surface area contributed by atoms with Crippen LogP contribution in [0.25, 0.3) is 10.8 Å². The molecule has 0 spiro atoms. The highest BCUT2D eigenvalue weighted by molar-refractivity contribution is 5.99. The zero-order valence-corrected chi connectivity index (χ0v) is 13.5. The summed E-state index contributed by atoms with van der Waals surface area (Å²) in [6, 6.07) is 23.5. The molecular weight excluding hydrogens is 290 g/mol. The number of hydrogen-bond acceptors (Lipinski definition) is 1. The minimum Gasteiger partial charge on any atom is -0.310 e. The van der Waals surface area contributed by atoms with E-state index in [4.69, 9.17) is 0 Å². The molecule has 116 valence electrons. The predicted molar refractivity (Wildman–Crippen MR) is 104 cm³/mol. The topological polar surface area (TPSA) is 3.24 Å². The lowest BCUT2D eigenvalue weighted by Gasteiger charge is -2.29. The number of fused-ring (bicyclic) bond motifs is 3. The Labute approximate surface area is 142 Å². The van der Waals surface area contributed by atoms with Gasteiger partial charge in [-0.05, 0) is 35.6 Å². The average molecular weight is 309 g/mol. The summed E-state index contributed by atoms with van der Waals surface area (Å²) in [7, 11) is 0. The van der Waals surface area contributed by atoms with E-state index in [0.29, 0.717) is 0 Å². The molecule has 3 aromatic rings. The van der Waals surface area contributed by atoms with Crippen LogP contribution in [0.1, 0.15) is 5.56 Å². The molecule has 0 saturated heterocycles. The second-order valence-electron chi connectivity index (χ2n) is 5.95. The van der Waals surface area contributed by atoms with Gasteiger partial charge >= 0.3 is 0 Å². The predicted octanol–water partition coefficient (Wildman–Crippen LogP) is 6.16. The van der Waals surface area contributed by atoms with E-state index in [9.17, 15) is 0 Å². The maximum absolute atomic E-state index is 4.33. The Hall–Kier alpha value is -3.06. The van der Waals surface area contributed by atoms with Crippen molar-refractivity contribution in [1.82, 2.24) is 0 Å². The van der Waals surface area contributed by atoms with E-state index in [1.54, 1.807) is 0 Å². The average Bonchev–Trinajstić information content (AvgIpc) is 2.71. The molecule has 1 nitrogen and oxygen atoms in total. The first-order valence-corrected chi connectivity index (χ1v) is 8.22. The molecule has 1 aliphatic heterocycles. The fourth-order valence-electron chi connectivity index (χ4n) is 3.26. The van der Waals surface area contributed by atoms with E-state index in [0.717, 1.165) is 17.8 Å². The summed E-state index contributed by atoms with van der Waals surface area (Å²) in [5, 5.41) is 2.50. The van der Waals surface area contributed by atoms with Gasteiger partial charge in [0, 0.05) is 16.8 Å². The van der Waals surface area contributed by atoms with E-state index in [2.05, 4.69) is 96.4 Å². The van der Waals surface area contributed by atoms with Crippen molar-refractivity contribution in [1.29, 1.82) is 0 Å². The lowest BCUT2D eigenvalue weighted by Crippen LogP contribution is -2.16. The van der Waals surface area contributed by atoms with Gasteiger partial charge in [-0.25, -0.2) is 0 Å². The molecule has 0 amide bonds. The highest BCUT2D eigenvalue weighted by Gasteiger charge is 2.18. The normalized spacial score (nSPS) is 16.8. The molecule has 0 atom stereocenters. The molecule has 1 heteroatoms. The minimum absolute atomic E-state index is 0.904. The number of rotatable bonds is 1. The Kier molecular flexibility index (Phi) is 3.76. The van der Waals surface area contributed by atoms with Crippen molar-refractivity contribution in [3.8, 4) is 0 Å². The van der Waals surface area contributed by atoms with Gasteiger partial charge in [-0.15, -0.1) is 0 Å². The largest absolute Gasteiger partial charge is 0.310 e. The number of allylic oxidation sites excluding steroid dienone is 4. The van der Waals surface area contributed by atoms with Gasteiger partial charge in [-0.3, -0.25) is 0 Å². The highest BCUT2D eigenvalue weighted by Crippen LogP contribution is 2.39. The Bertz CT molecular complexity index is 948. The molecule has 4 rings (SSSR count). The van der Waals surface area contributed by atoms with Gasteiger partial charge in [0.1, 0.15) is 0 Å². The Morgan fingerprint density at radius 1 is 0.792 bits per heavy atom. The summed E-state index contributed by atoms with van der Waals surface area (Å²) in [5.74, 6) is 0. The molecule has 0 saturated carbocycles. The molecule has 0 aliphatic carbocycles. The van der Waals surface area contributed by atoms with Gasteiger partial charge in [0.25, 0.3) is 0 Å². The van der Waals surface area contributed by atoms with Gasteiger partial charge in [-0.1, -0.05) is 79.4 Å². The Morgan fingerprint density at radius 2 is 1.58 bits per heavy atom. The van der Waals surface area contributed by atoms with Crippen molar-refractivity contribution >= 4 is 22.1 Å². The summed E-state index contributed by atoms with van der Waals surface area (Å²) >= 11 is 0. The number of para-hydroxylation sites is 1. The summed E-state index contributed by atoms with van der Waals surface area (Å²) in [6.07, 6.45) is 9.33. The zero-order valence-electron chi connectivity index (χ0n) is 13.5. The van der Waals surface area contributed by atoms with Crippen LogP contribution in [0.3, 0.4) is 0 Å². The van der Waals surface area contributed by atoms with Crippen LogP contribution in [0.5, 0.6) is 0 Å². The molecule has 0 bridgehead atoms.